The lowest BCUT2D eigenvalue weighted by Gasteiger charge is -1.95. The molecule has 4 heteroatoms. The van der Waals surface area contributed by atoms with Gasteiger partial charge in [-0.2, -0.15) is 5.26 Å². The number of nitriles is 1. The number of carboxylic acids is 1. The average molecular weight is 150 g/mol. The Kier molecular flexibility index (Phi) is 1.65. The van der Waals surface area contributed by atoms with Gasteiger partial charge in [0.05, 0.1) is 5.56 Å². The predicted molar refractivity (Wildman–Crippen MR) is 37.1 cm³/mol. The number of rotatable bonds is 1. The summed E-state index contributed by atoms with van der Waals surface area (Å²) < 4.78 is 1.40. The Morgan fingerprint density at radius 1 is 1.82 bits per heavy atom. The summed E-state index contributed by atoms with van der Waals surface area (Å²) in [6.45, 7) is 0. The van der Waals surface area contributed by atoms with Crippen LogP contribution in [0.25, 0.3) is 0 Å². The maximum atomic E-state index is 10.5. The van der Waals surface area contributed by atoms with Crippen molar-refractivity contribution in [2.24, 2.45) is 7.05 Å². The molecule has 1 aromatic heterocycles. The molecule has 1 N–H and O–H groups in total. The van der Waals surface area contributed by atoms with Gasteiger partial charge < -0.3 is 9.67 Å². The van der Waals surface area contributed by atoms with E-state index in [2.05, 4.69) is 0 Å². The summed E-state index contributed by atoms with van der Waals surface area (Å²) in [7, 11) is 1.59. The fourth-order valence-electron chi connectivity index (χ4n) is 0.886. The van der Waals surface area contributed by atoms with Crippen LogP contribution in [0.15, 0.2) is 12.3 Å². The molecule has 0 bridgehead atoms. The van der Waals surface area contributed by atoms with Crippen molar-refractivity contribution in [1.82, 2.24) is 4.57 Å². The Bertz CT molecular complexity index is 333. The van der Waals surface area contributed by atoms with E-state index in [4.69, 9.17) is 10.4 Å². The van der Waals surface area contributed by atoms with Crippen molar-refractivity contribution in [3.63, 3.8) is 0 Å². The van der Waals surface area contributed by atoms with E-state index in [0.717, 1.165) is 0 Å². The minimum atomic E-state index is -1.07. The third kappa shape index (κ3) is 1.08. The van der Waals surface area contributed by atoms with Gasteiger partial charge in [0.25, 0.3) is 0 Å². The quantitative estimate of drug-likeness (QED) is 0.637. The SMILES string of the molecule is Cn1ccc(C#N)c1C(=O)O. The van der Waals surface area contributed by atoms with Crippen LogP contribution in [0.2, 0.25) is 0 Å². The second-order valence-electron chi connectivity index (χ2n) is 2.11. The monoisotopic (exact) mass is 150 g/mol. The van der Waals surface area contributed by atoms with Gasteiger partial charge in [0.1, 0.15) is 11.8 Å². The van der Waals surface area contributed by atoms with E-state index in [9.17, 15) is 4.79 Å². The number of carbonyl (C=O) groups is 1. The highest BCUT2D eigenvalue weighted by Gasteiger charge is 2.12. The van der Waals surface area contributed by atoms with Crippen LogP contribution in [-0.4, -0.2) is 15.6 Å². The van der Waals surface area contributed by atoms with Crippen LogP contribution in [0.1, 0.15) is 16.1 Å². The van der Waals surface area contributed by atoms with Crippen molar-refractivity contribution in [2.45, 2.75) is 0 Å². The molecule has 0 aromatic carbocycles. The summed E-state index contributed by atoms with van der Waals surface area (Å²) in [6.07, 6.45) is 1.54. The first-order valence-electron chi connectivity index (χ1n) is 2.95. The molecule has 0 spiro atoms. The number of aromatic nitrogens is 1. The third-order valence-corrected chi connectivity index (χ3v) is 1.40. The first-order valence-corrected chi connectivity index (χ1v) is 2.95. The Hall–Kier alpha value is -1.76. The van der Waals surface area contributed by atoms with Crippen LogP contribution in [0.3, 0.4) is 0 Å². The van der Waals surface area contributed by atoms with E-state index in [-0.39, 0.29) is 11.3 Å². The number of aryl methyl sites for hydroxylation is 1. The summed E-state index contributed by atoms with van der Waals surface area (Å²) in [4.78, 5) is 10.5. The van der Waals surface area contributed by atoms with E-state index in [1.54, 1.807) is 19.3 Å². The van der Waals surface area contributed by atoms with Gasteiger partial charge in [0.15, 0.2) is 0 Å². The second kappa shape index (κ2) is 2.46. The van der Waals surface area contributed by atoms with Crippen molar-refractivity contribution in [3.8, 4) is 6.07 Å². The van der Waals surface area contributed by atoms with E-state index in [1.807, 2.05) is 0 Å². The smallest absolute Gasteiger partial charge is 0.353 e. The largest absolute Gasteiger partial charge is 0.477 e. The molecule has 0 atom stereocenters. The zero-order chi connectivity index (χ0) is 8.43. The fraction of sp³-hybridized carbons (Fsp3) is 0.143. The molecule has 0 amide bonds. The van der Waals surface area contributed by atoms with E-state index in [1.165, 1.54) is 10.6 Å². The maximum Gasteiger partial charge on any atom is 0.353 e. The zero-order valence-electron chi connectivity index (χ0n) is 5.90. The van der Waals surface area contributed by atoms with Crippen molar-refractivity contribution in [3.05, 3.63) is 23.5 Å². The molecule has 0 fully saturated rings. The minimum absolute atomic E-state index is 0.0347. The van der Waals surface area contributed by atoms with Gasteiger partial charge in [-0.05, 0) is 6.07 Å². The Balaban J connectivity index is 3.32. The summed E-state index contributed by atoms with van der Waals surface area (Å²) in [5.41, 5.74) is 0.229. The first kappa shape index (κ1) is 7.35. The van der Waals surface area contributed by atoms with Crippen LogP contribution in [0.4, 0.5) is 0 Å². The summed E-state index contributed by atoms with van der Waals surface area (Å²) >= 11 is 0. The lowest BCUT2D eigenvalue weighted by molar-refractivity contribution is 0.0686. The van der Waals surface area contributed by atoms with E-state index >= 15 is 0 Å². The van der Waals surface area contributed by atoms with E-state index in [0.29, 0.717) is 0 Å². The molecule has 0 radical (unpaired) electrons. The summed E-state index contributed by atoms with van der Waals surface area (Å²) in [6, 6.07) is 3.27. The van der Waals surface area contributed by atoms with Crippen LogP contribution < -0.4 is 0 Å². The highest BCUT2D eigenvalue weighted by molar-refractivity contribution is 5.88. The van der Waals surface area contributed by atoms with Crippen molar-refractivity contribution >= 4 is 5.97 Å². The van der Waals surface area contributed by atoms with Gasteiger partial charge >= 0.3 is 5.97 Å². The van der Waals surface area contributed by atoms with Gasteiger partial charge in [-0.1, -0.05) is 0 Å². The minimum Gasteiger partial charge on any atom is -0.477 e. The average Bonchev–Trinajstić information content (AvgIpc) is 2.30. The lowest BCUT2D eigenvalue weighted by atomic mass is 10.3. The molecular weight excluding hydrogens is 144 g/mol. The van der Waals surface area contributed by atoms with Gasteiger partial charge in [-0.3, -0.25) is 0 Å². The number of aromatic carboxylic acids is 1. The number of hydrogen-bond acceptors (Lipinski definition) is 2. The molecule has 1 heterocycles. The maximum absolute atomic E-state index is 10.5. The zero-order valence-corrected chi connectivity index (χ0v) is 5.90. The number of hydrogen-bond donors (Lipinski definition) is 1. The molecule has 0 saturated heterocycles. The normalized spacial score (nSPS) is 9.09. The molecule has 0 aliphatic heterocycles. The van der Waals surface area contributed by atoms with E-state index < -0.39 is 5.97 Å². The molecule has 1 aromatic rings. The number of carboxylic acid groups (broad SMARTS) is 1. The molecular formula is C7H6N2O2. The molecule has 4 nitrogen and oxygen atoms in total. The van der Waals surface area contributed by atoms with Gasteiger partial charge in [0, 0.05) is 13.2 Å². The Morgan fingerprint density at radius 3 is 2.82 bits per heavy atom. The Labute approximate surface area is 63.3 Å². The van der Waals surface area contributed by atoms with Crippen molar-refractivity contribution in [2.75, 3.05) is 0 Å². The van der Waals surface area contributed by atoms with Gasteiger partial charge in [0.2, 0.25) is 0 Å². The van der Waals surface area contributed by atoms with Crippen LogP contribution in [-0.2, 0) is 7.05 Å². The van der Waals surface area contributed by atoms with Gasteiger partial charge in [-0.15, -0.1) is 0 Å². The molecule has 0 unspecified atom stereocenters. The molecule has 56 valence electrons. The van der Waals surface area contributed by atoms with Crippen LogP contribution in [0, 0.1) is 11.3 Å². The lowest BCUT2D eigenvalue weighted by Crippen LogP contribution is -2.05. The van der Waals surface area contributed by atoms with Crippen molar-refractivity contribution < 1.29 is 9.90 Å². The number of nitrogens with zero attached hydrogens (tertiary/aromatic N) is 2. The van der Waals surface area contributed by atoms with Crippen LogP contribution >= 0.6 is 0 Å². The third-order valence-electron chi connectivity index (χ3n) is 1.40. The molecule has 11 heavy (non-hydrogen) atoms. The highest BCUT2D eigenvalue weighted by atomic mass is 16.4. The predicted octanol–water partition coefficient (Wildman–Crippen LogP) is 0.595. The fourth-order valence-corrected chi connectivity index (χ4v) is 0.886. The van der Waals surface area contributed by atoms with Gasteiger partial charge in [-0.25, -0.2) is 4.79 Å². The molecule has 0 saturated carbocycles. The first-order chi connectivity index (χ1) is 5.16. The highest BCUT2D eigenvalue weighted by Crippen LogP contribution is 2.07. The standard InChI is InChI=1S/C7H6N2O2/c1-9-3-2-5(4-8)6(9)7(10)11/h2-3H,1H3,(H,10,11). The molecule has 0 aliphatic carbocycles. The summed E-state index contributed by atoms with van der Waals surface area (Å²) in [5, 5.41) is 17.0. The Morgan fingerprint density at radius 2 is 2.45 bits per heavy atom. The topological polar surface area (TPSA) is 66.0 Å². The second-order valence-corrected chi connectivity index (χ2v) is 2.11. The van der Waals surface area contributed by atoms with Crippen molar-refractivity contribution in [1.29, 1.82) is 5.26 Å². The summed E-state index contributed by atoms with van der Waals surface area (Å²) in [5.74, 6) is -1.07. The molecule has 0 aliphatic rings. The molecule has 1 rings (SSSR count). The van der Waals surface area contributed by atoms with Crippen LogP contribution in [0.5, 0.6) is 0 Å².